The highest BCUT2D eigenvalue weighted by molar-refractivity contribution is 5.98. The van der Waals surface area contributed by atoms with Gasteiger partial charge in [-0.05, 0) is 0 Å². The van der Waals surface area contributed by atoms with Crippen molar-refractivity contribution in [2.24, 2.45) is 0 Å². The first-order valence-corrected chi connectivity index (χ1v) is 5.14. The third kappa shape index (κ3) is 1.72. The third-order valence-corrected chi connectivity index (χ3v) is 2.59. The Morgan fingerprint density at radius 1 is 1.10 bits per heavy atom. The van der Waals surface area contributed by atoms with Gasteiger partial charge in [-0.25, -0.2) is 4.98 Å². The van der Waals surface area contributed by atoms with E-state index in [1.54, 1.807) is 0 Å². The number of hydrogen-bond donors (Lipinski definition) is 2. The molecule has 11 heteroatoms. The molecule has 0 atom stereocenters. The molecule has 0 radical (unpaired) electrons. The van der Waals surface area contributed by atoms with Crippen LogP contribution in [0.3, 0.4) is 0 Å². The fourth-order valence-electron chi connectivity index (χ4n) is 1.90. The number of nitrogens with one attached hydrogen (secondary N) is 1. The number of fused-ring (bicyclic) bond motifs is 1. The molecule has 0 spiro atoms. The number of aromatic nitrogens is 2. The second-order valence-corrected chi connectivity index (χ2v) is 3.62. The van der Waals surface area contributed by atoms with E-state index in [-0.39, 0.29) is 28.5 Å². The van der Waals surface area contributed by atoms with Gasteiger partial charge < -0.3 is 20.2 Å². The number of rotatable bonds is 4. The van der Waals surface area contributed by atoms with Gasteiger partial charge in [-0.15, -0.1) is 0 Å². The van der Waals surface area contributed by atoms with E-state index in [2.05, 4.69) is 9.97 Å². The van der Waals surface area contributed by atoms with E-state index in [1.165, 1.54) is 0 Å². The number of nitrogens with two attached hydrogens (primary N) is 1. The molecule has 0 aliphatic carbocycles. The molecule has 0 fully saturated rings. The highest BCUT2D eigenvalue weighted by Gasteiger charge is 2.39. The Morgan fingerprint density at radius 2 is 1.60 bits per heavy atom. The molecule has 2 aromatic rings. The molecule has 0 amide bonds. The summed E-state index contributed by atoms with van der Waals surface area (Å²) in [6.45, 7) is 0. The number of anilines is 1. The lowest BCUT2D eigenvalue weighted by Crippen LogP contribution is -2.03. The summed E-state index contributed by atoms with van der Waals surface area (Å²) in [4.78, 5) is 26.8. The van der Waals surface area contributed by atoms with Crippen molar-refractivity contribution < 1.29 is 19.3 Å². The summed E-state index contributed by atoms with van der Waals surface area (Å²) >= 11 is 0. The molecule has 20 heavy (non-hydrogen) atoms. The van der Waals surface area contributed by atoms with E-state index in [1.807, 2.05) is 0 Å². The summed E-state index contributed by atoms with van der Waals surface area (Å²) in [6, 6.07) is 0. The molecule has 0 aliphatic heterocycles. The van der Waals surface area contributed by atoms with E-state index in [0.717, 1.165) is 14.2 Å². The number of nitrogen functional groups attached to an aromatic ring is 1. The van der Waals surface area contributed by atoms with Crippen molar-refractivity contribution >= 4 is 28.4 Å². The lowest BCUT2D eigenvalue weighted by atomic mass is 10.2. The van der Waals surface area contributed by atoms with Gasteiger partial charge in [0.05, 0.1) is 24.1 Å². The second-order valence-electron chi connectivity index (χ2n) is 3.62. The van der Waals surface area contributed by atoms with Crippen LogP contribution in [0.1, 0.15) is 0 Å². The normalized spacial score (nSPS) is 10.5. The minimum Gasteiger partial charge on any atom is -0.488 e. The number of H-pyrrole nitrogens is 1. The maximum atomic E-state index is 11.1. The number of nitro benzene ring substituents is 2. The number of nitro groups is 2. The van der Waals surface area contributed by atoms with E-state index >= 15 is 0 Å². The average molecular weight is 283 g/mol. The minimum atomic E-state index is -0.927. The molecule has 1 aromatic carbocycles. The van der Waals surface area contributed by atoms with Gasteiger partial charge in [0.1, 0.15) is 11.0 Å². The number of aromatic amines is 1. The number of nitrogens with zero attached hydrogens (tertiary/aromatic N) is 3. The van der Waals surface area contributed by atoms with E-state index in [0.29, 0.717) is 0 Å². The van der Waals surface area contributed by atoms with Gasteiger partial charge in [-0.1, -0.05) is 0 Å². The Balaban J connectivity index is 3.08. The van der Waals surface area contributed by atoms with Gasteiger partial charge in [0, 0.05) is 0 Å². The van der Waals surface area contributed by atoms with Crippen LogP contribution in [0.15, 0.2) is 0 Å². The van der Waals surface area contributed by atoms with Gasteiger partial charge in [-0.3, -0.25) is 20.2 Å². The van der Waals surface area contributed by atoms with Gasteiger partial charge >= 0.3 is 11.4 Å². The van der Waals surface area contributed by atoms with Gasteiger partial charge in [0.2, 0.25) is 11.5 Å². The average Bonchev–Trinajstić information content (AvgIpc) is 2.76. The third-order valence-electron chi connectivity index (χ3n) is 2.59. The van der Waals surface area contributed by atoms with E-state index in [4.69, 9.17) is 15.2 Å². The van der Waals surface area contributed by atoms with Gasteiger partial charge in [-0.2, -0.15) is 0 Å². The van der Waals surface area contributed by atoms with Crippen molar-refractivity contribution in [3.8, 4) is 11.5 Å². The Bertz CT molecular complexity index is 664. The van der Waals surface area contributed by atoms with Crippen LogP contribution in [0.5, 0.6) is 11.5 Å². The standard InChI is InChI=1S/C9H9N5O6/c1-19-7-3-4(12-9(10)11-3)8(20-2)6(14(17)18)5(7)13(15)16/h1-2H3,(H3,10,11,12). The molecular weight excluding hydrogens is 274 g/mol. The van der Waals surface area contributed by atoms with Crippen molar-refractivity contribution in [1.29, 1.82) is 0 Å². The van der Waals surface area contributed by atoms with Crippen molar-refractivity contribution in [3.05, 3.63) is 20.2 Å². The summed E-state index contributed by atoms with van der Waals surface area (Å²) in [6.07, 6.45) is 0. The van der Waals surface area contributed by atoms with Crippen LogP contribution in [0.4, 0.5) is 17.3 Å². The molecule has 3 N–H and O–H groups in total. The first kappa shape index (κ1) is 13.3. The van der Waals surface area contributed by atoms with Crippen molar-refractivity contribution in [2.45, 2.75) is 0 Å². The predicted octanol–water partition coefficient (Wildman–Crippen LogP) is 0.979. The molecule has 0 aliphatic rings. The maximum Gasteiger partial charge on any atom is 0.393 e. The number of hydrogen-bond acceptors (Lipinski definition) is 8. The zero-order chi connectivity index (χ0) is 15.0. The molecule has 2 rings (SSSR count). The molecule has 0 saturated heterocycles. The molecule has 106 valence electrons. The SMILES string of the molecule is COc1c([N+](=O)[O-])c([N+](=O)[O-])c(OC)c2[nH]c(N)nc12. The van der Waals surface area contributed by atoms with Crippen LogP contribution in [-0.2, 0) is 0 Å². The molecule has 0 unspecified atom stereocenters. The maximum absolute atomic E-state index is 11.1. The van der Waals surface area contributed by atoms with E-state index in [9.17, 15) is 20.2 Å². The monoisotopic (exact) mass is 283 g/mol. The van der Waals surface area contributed by atoms with Crippen LogP contribution in [0, 0.1) is 20.2 Å². The Morgan fingerprint density at radius 3 is 2.05 bits per heavy atom. The number of imidazole rings is 1. The molecule has 0 bridgehead atoms. The lowest BCUT2D eigenvalue weighted by molar-refractivity contribution is -0.423. The summed E-state index contributed by atoms with van der Waals surface area (Å²) in [5, 5.41) is 22.2. The summed E-state index contributed by atoms with van der Waals surface area (Å²) < 4.78 is 9.78. The van der Waals surface area contributed by atoms with Crippen LogP contribution in [0.2, 0.25) is 0 Å². The highest BCUT2D eigenvalue weighted by atomic mass is 16.6. The Kier molecular flexibility index (Phi) is 3.02. The lowest BCUT2D eigenvalue weighted by Gasteiger charge is -2.07. The zero-order valence-electron chi connectivity index (χ0n) is 10.4. The number of benzene rings is 1. The Labute approximate surface area is 110 Å². The van der Waals surface area contributed by atoms with Crippen molar-refractivity contribution in [2.75, 3.05) is 20.0 Å². The quantitative estimate of drug-likeness (QED) is 0.620. The van der Waals surface area contributed by atoms with Crippen LogP contribution >= 0.6 is 0 Å². The topological polar surface area (TPSA) is 159 Å². The number of methoxy groups -OCH3 is 2. The molecule has 11 nitrogen and oxygen atoms in total. The fraction of sp³-hybridized carbons (Fsp3) is 0.222. The molecule has 1 heterocycles. The second kappa shape index (κ2) is 4.53. The highest BCUT2D eigenvalue weighted by Crippen LogP contribution is 2.49. The molecule has 0 saturated carbocycles. The van der Waals surface area contributed by atoms with Crippen LogP contribution in [0.25, 0.3) is 11.0 Å². The Hall–Kier alpha value is -3.11. The van der Waals surface area contributed by atoms with Gasteiger partial charge in [0.25, 0.3) is 0 Å². The predicted molar refractivity (Wildman–Crippen MR) is 66.9 cm³/mol. The van der Waals surface area contributed by atoms with E-state index < -0.39 is 21.2 Å². The van der Waals surface area contributed by atoms with Crippen molar-refractivity contribution in [1.82, 2.24) is 9.97 Å². The smallest absolute Gasteiger partial charge is 0.393 e. The van der Waals surface area contributed by atoms with Crippen LogP contribution in [-0.4, -0.2) is 34.0 Å². The molecule has 1 aromatic heterocycles. The summed E-state index contributed by atoms with van der Waals surface area (Å²) in [5.74, 6) is -0.765. The zero-order valence-corrected chi connectivity index (χ0v) is 10.4. The van der Waals surface area contributed by atoms with Crippen molar-refractivity contribution in [3.63, 3.8) is 0 Å². The minimum absolute atomic E-state index is 0.0147. The first-order valence-electron chi connectivity index (χ1n) is 5.14. The first-order chi connectivity index (χ1) is 9.42. The summed E-state index contributed by atoms with van der Waals surface area (Å²) in [5.41, 5.74) is 3.84. The number of ether oxygens (including phenoxy) is 2. The van der Waals surface area contributed by atoms with Crippen LogP contribution < -0.4 is 15.2 Å². The summed E-state index contributed by atoms with van der Waals surface area (Å²) in [7, 11) is 2.29. The fourth-order valence-corrected chi connectivity index (χ4v) is 1.90. The largest absolute Gasteiger partial charge is 0.488 e. The molecular formula is C9H9N5O6. The van der Waals surface area contributed by atoms with Gasteiger partial charge in [0.15, 0.2) is 5.95 Å².